The lowest BCUT2D eigenvalue weighted by atomic mass is 10.1. The van der Waals surface area contributed by atoms with E-state index in [4.69, 9.17) is 0 Å². The Morgan fingerprint density at radius 3 is 2.68 bits per heavy atom. The van der Waals surface area contributed by atoms with Crippen molar-refractivity contribution in [3.8, 4) is 0 Å². The summed E-state index contributed by atoms with van der Waals surface area (Å²) in [5, 5.41) is 1.23. The molecule has 1 aliphatic rings. The quantitative estimate of drug-likeness (QED) is 0.583. The molecule has 1 N–H and O–H groups in total. The Hall–Kier alpha value is -2.77. The van der Waals surface area contributed by atoms with E-state index in [-0.39, 0.29) is 0 Å². The number of benzene rings is 2. The highest BCUT2D eigenvalue weighted by Gasteiger charge is 2.19. The zero-order valence-electron chi connectivity index (χ0n) is 18.0. The van der Waals surface area contributed by atoms with Gasteiger partial charge < -0.3 is 9.64 Å². The number of carbonyl (C=O) groups is 1. The minimum atomic E-state index is -0.435. The van der Waals surface area contributed by atoms with Crippen LogP contribution >= 0.6 is 11.9 Å². The number of amides is 1. The number of carbonyl (C=O) groups excluding carboxylic acids is 1. The highest BCUT2D eigenvalue weighted by Crippen LogP contribution is 2.27. The van der Waals surface area contributed by atoms with Crippen molar-refractivity contribution in [2.24, 2.45) is 0 Å². The highest BCUT2D eigenvalue weighted by molar-refractivity contribution is 7.98. The Morgan fingerprint density at radius 2 is 1.87 bits per heavy atom. The van der Waals surface area contributed by atoms with Crippen molar-refractivity contribution in [2.45, 2.75) is 18.2 Å². The fraction of sp³-hybridized carbons (Fsp3) is 0.333. The van der Waals surface area contributed by atoms with Crippen molar-refractivity contribution < 1.29 is 9.53 Å². The second-order valence-corrected chi connectivity index (χ2v) is 8.53. The molecular formula is C24H28N4O2S. The Balaban J connectivity index is 1.34. The molecule has 7 heteroatoms. The summed E-state index contributed by atoms with van der Waals surface area (Å²) in [5.74, 6) is 0. The molecule has 0 bridgehead atoms. The Kier molecular flexibility index (Phi) is 6.94. The number of hydrogen-bond acceptors (Lipinski definition) is 6. The van der Waals surface area contributed by atoms with Gasteiger partial charge in [-0.3, -0.25) is 14.6 Å². The van der Waals surface area contributed by atoms with E-state index in [0.717, 1.165) is 55.3 Å². The summed E-state index contributed by atoms with van der Waals surface area (Å²) in [4.78, 5) is 22.1. The van der Waals surface area contributed by atoms with Gasteiger partial charge >= 0.3 is 6.09 Å². The SMILES string of the molecule is COC(=O)NSc1ccccc1CCN1CCN(c2cccc3nc(C)ccc23)CC1. The van der Waals surface area contributed by atoms with Crippen molar-refractivity contribution in [1.82, 2.24) is 14.6 Å². The van der Waals surface area contributed by atoms with Crippen LogP contribution in [-0.4, -0.2) is 55.8 Å². The van der Waals surface area contributed by atoms with E-state index in [9.17, 15) is 4.79 Å². The number of ether oxygens (including phenoxy) is 1. The minimum Gasteiger partial charge on any atom is -0.452 e. The monoisotopic (exact) mass is 436 g/mol. The molecule has 1 saturated heterocycles. The smallest absolute Gasteiger partial charge is 0.417 e. The van der Waals surface area contributed by atoms with Crippen molar-refractivity contribution >= 4 is 34.6 Å². The third-order valence-corrected chi connectivity index (χ3v) is 6.55. The van der Waals surface area contributed by atoms with Gasteiger partial charge in [0.2, 0.25) is 0 Å². The molecule has 1 fully saturated rings. The molecule has 2 heterocycles. The number of aryl methyl sites for hydroxylation is 1. The number of fused-ring (bicyclic) bond motifs is 1. The molecule has 2 aromatic carbocycles. The maximum atomic E-state index is 11.4. The first-order valence-electron chi connectivity index (χ1n) is 10.6. The van der Waals surface area contributed by atoms with Crippen molar-refractivity contribution in [3.63, 3.8) is 0 Å². The van der Waals surface area contributed by atoms with Gasteiger partial charge in [-0.1, -0.05) is 24.3 Å². The Bertz CT molecular complexity index is 1050. The predicted molar refractivity (Wildman–Crippen MR) is 127 cm³/mol. The average Bonchev–Trinajstić information content (AvgIpc) is 2.81. The van der Waals surface area contributed by atoms with Gasteiger partial charge in [-0.25, -0.2) is 4.79 Å². The number of anilines is 1. The number of rotatable bonds is 6. The third-order valence-electron chi connectivity index (χ3n) is 5.66. The molecule has 3 aromatic rings. The van der Waals surface area contributed by atoms with Gasteiger partial charge in [0.25, 0.3) is 0 Å². The van der Waals surface area contributed by atoms with Crippen LogP contribution in [0.25, 0.3) is 10.9 Å². The maximum absolute atomic E-state index is 11.4. The van der Waals surface area contributed by atoms with Crippen molar-refractivity contribution in [1.29, 1.82) is 0 Å². The predicted octanol–water partition coefficient (Wildman–Crippen LogP) is 4.27. The first-order valence-corrected chi connectivity index (χ1v) is 11.4. The van der Waals surface area contributed by atoms with Crippen LogP contribution < -0.4 is 9.62 Å². The fourth-order valence-electron chi connectivity index (χ4n) is 3.96. The van der Waals surface area contributed by atoms with Gasteiger partial charge in [-0.15, -0.1) is 0 Å². The number of piperazine rings is 1. The second-order valence-electron chi connectivity index (χ2n) is 7.68. The zero-order valence-corrected chi connectivity index (χ0v) is 18.8. The maximum Gasteiger partial charge on any atom is 0.417 e. The number of hydrogen-bond donors (Lipinski definition) is 1. The van der Waals surface area contributed by atoms with E-state index in [1.807, 2.05) is 25.1 Å². The molecule has 31 heavy (non-hydrogen) atoms. The first kappa shape index (κ1) is 21.5. The first-order chi connectivity index (χ1) is 15.1. The van der Waals surface area contributed by atoms with E-state index >= 15 is 0 Å². The summed E-state index contributed by atoms with van der Waals surface area (Å²) in [7, 11) is 1.37. The molecule has 162 valence electrons. The van der Waals surface area contributed by atoms with Gasteiger partial charge in [-0.05, 0) is 61.2 Å². The molecule has 0 aliphatic carbocycles. The van der Waals surface area contributed by atoms with E-state index in [1.54, 1.807) is 0 Å². The fourth-order valence-corrected chi connectivity index (χ4v) is 4.68. The van der Waals surface area contributed by atoms with Gasteiger partial charge in [0.1, 0.15) is 0 Å². The average molecular weight is 437 g/mol. The van der Waals surface area contributed by atoms with Crippen LogP contribution in [0, 0.1) is 6.92 Å². The molecular weight excluding hydrogens is 408 g/mol. The number of pyridine rings is 1. The lowest BCUT2D eigenvalue weighted by molar-refractivity contribution is 0.178. The van der Waals surface area contributed by atoms with Crippen LogP contribution in [0.5, 0.6) is 0 Å². The lowest BCUT2D eigenvalue weighted by Crippen LogP contribution is -2.47. The molecule has 0 atom stereocenters. The minimum absolute atomic E-state index is 0.435. The van der Waals surface area contributed by atoms with Gasteiger partial charge in [0, 0.05) is 54.4 Å². The van der Waals surface area contributed by atoms with Crippen LogP contribution in [0.4, 0.5) is 10.5 Å². The summed E-state index contributed by atoms with van der Waals surface area (Å²) in [6, 6.07) is 18.9. The van der Waals surface area contributed by atoms with Crippen LogP contribution in [-0.2, 0) is 11.2 Å². The van der Waals surface area contributed by atoms with Crippen LogP contribution in [0.1, 0.15) is 11.3 Å². The molecule has 1 amide bonds. The largest absolute Gasteiger partial charge is 0.452 e. The normalized spacial score (nSPS) is 14.6. The third kappa shape index (κ3) is 5.29. The molecule has 1 aliphatic heterocycles. The Morgan fingerprint density at radius 1 is 1.06 bits per heavy atom. The van der Waals surface area contributed by atoms with Crippen LogP contribution in [0.2, 0.25) is 0 Å². The summed E-state index contributed by atoms with van der Waals surface area (Å²) in [6.07, 6.45) is 0.512. The van der Waals surface area contributed by atoms with Crippen LogP contribution in [0.3, 0.4) is 0 Å². The van der Waals surface area contributed by atoms with Gasteiger partial charge in [0.15, 0.2) is 0 Å². The summed E-state index contributed by atoms with van der Waals surface area (Å²) in [6.45, 7) is 7.12. The topological polar surface area (TPSA) is 57.7 Å². The van der Waals surface area contributed by atoms with Gasteiger partial charge in [-0.2, -0.15) is 0 Å². The lowest BCUT2D eigenvalue weighted by Gasteiger charge is -2.36. The number of methoxy groups -OCH3 is 1. The second kappa shape index (κ2) is 10.0. The van der Waals surface area contributed by atoms with Crippen molar-refractivity contribution in [2.75, 3.05) is 44.7 Å². The molecule has 0 unspecified atom stereocenters. The van der Waals surface area contributed by atoms with E-state index in [0.29, 0.717) is 0 Å². The van der Waals surface area contributed by atoms with Crippen LogP contribution in [0.15, 0.2) is 59.5 Å². The van der Waals surface area contributed by atoms with E-state index in [2.05, 4.69) is 60.6 Å². The Labute approximate surface area is 187 Å². The highest BCUT2D eigenvalue weighted by atomic mass is 32.2. The summed E-state index contributed by atoms with van der Waals surface area (Å²) >= 11 is 1.31. The number of nitrogens with zero attached hydrogens (tertiary/aromatic N) is 3. The van der Waals surface area contributed by atoms with Crippen molar-refractivity contribution in [3.05, 3.63) is 65.9 Å². The van der Waals surface area contributed by atoms with E-state index < -0.39 is 6.09 Å². The molecule has 6 nitrogen and oxygen atoms in total. The van der Waals surface area contributed by atoms with Gasteiger partial charge in [0.05, 0.1) is 12.6 Å². The number of nitrogens with one attached hydrogen (secondary N) is 1. The summed E-state index contributed by atoms with van der Waals surface area (Å²) in [5.41, 5.74) is 4.63. The molecule has 1 aromatic heterocycles. The molecule has 4 rings (SSSR count). The molecule has 0 radical (unpaired) electrons. The molecule has 0 saturated carbocycles. The molecule has 0 spiro atoms. The standard InChI is InChI=1S/C24H28N4O2S/c1-18-10-11-20-21(25-18)7-5-8-22(20)28-16-14-27(15-17-28)13-12-19-6-3-4-9-23(19)31-26-24(29)30-2/h3-11H,12-17H2,1-2H3,(H,26,29). The number of aromatic nitrogens is 1. The zero-order chi connectivity index (χ0) is 21.6. The van der Waals surface area contributed by atoms with E-state index in [1.165, 1.54) is 35.7 Å². The summed E-state index contributed by atoms with van der Waals surface area (Å²) < 4.78 is 7.36.